The molecule has 1 aromatic rings. The van der Waals surface area contributed by atoms with Gasteiger partial charge in [0.15, 0.2) is 0 Å². The molecule has 0 aliphatic heterocycles. The topological polar surface area (TPSA) is 24.5 Å². The van der Waals surface area contributed by atoms with Crippen LogP contribution in [-0.4, -0.2) is 19.7 Å². The third-order valence-corrected chi connectivity index (χ3v) is 2.31. The third kappa shape index (κ3) is 3.44. The summed E-state index contributed by atoms with van der Waals surface area (Å²) in [4.78, 5) is 7.46. The molecular weight excluding hydrogens is 188 g/mol. The molecule has 0 saturated heterocycles. The van der Waals surface area contributed by atoms with Crippen LogP contribution in [0.2, 0.25) is 0 Å². The Morgan fingerprint density at radius 2 is 1.93 bits per heavy atom. The maximum atomic E-state index is 5.15. The maximum Gasteiger partial charge on any atom is 0.0717 e. The van der Waals surface area contributed by atoms with E-state index in [-0.39, 0.29) is 0 Å². The molecule has 0 heterocycles. The summed E-state index contributed by atoms with van der Waals surface area (Å²) in [5, 5.41) is 0. The summed E-state index contributed by atoms with van der Waals surface area (Å²) >= 11 is 0. The number of hydrogen-bond acceptors (Lipinski definition) is 3. The molecule has 84 valence electrons. The van der Waals surface area contributed by atoms with Crippen LogP contribution >= 0.6 is 0 Å². The average molecular weight is 208 g/mol. The zero-order valence-corrected chi connectivity index (χ0v) is 9.79. The van der Waals surface area contributed by atoms with Crippen LogP contribution in [0.5, 0.6) is 0 Å². The molecule has 0 radical (unpaired) electrons. The Hall–Kier alpha value is -1.22. The van der Waals surface area contributed by atoms with Gasteiger partial charge in [-0.3, -0.25) is 10.3 Å². The predicted molar refractivity (Wildman–Crippen MR) is 65.3 cm³/mol. The maximum absolute atomic E-state index is 5.15. The van der Waals surface area contributed by atoms with Crippen molar-refractivity contribution in [2.75, 3.05) is 30.1 Å². The van der Waals surface area contributed by atoms with E-state index in [0.717, 1.165) is 18.8 Å². The van der Waals surface area contributed by atoms with Crippen LogP contribution in [0, 0.1) is 0 Å². The van der Waals surface area contributed by atoms with Gasteiger partial charge in [-0.15, -0.1) is 0 Å². The van der Waals surface area contributed by atoms with E-state index in [0.29, 0.717) is 6.61 Å². The minimum absolute atomic E-state index is 0.662. The standard InChI is InChI=1S/C12H20N2O/c1-4-14(5-2)12-9-7-8-11(10-12)13-15-6-3/h7-10,13H,4-6H2,1-3H3. The molecule has 3 nitrogen and oxygen atoms in total. The largest absolute Gasteiger partial charge is 0.372 e. The van der Waals surface area contributed by atoms with Crippen LogP contribution in [0.1, 0.15) is 20.8 Å². The van der Waals surface area contributed by atoms with Crippen molar-refractivity contribution in [3.05, 3.63) is 24.3 Å². The van der Waals surface area contributed by atoms with Gasteiger partial charge in [-0.25, -0.2) is 0 Å². The van der Waals surface area contributed by atoms with Crippen molar-refractivity contribution in [1.29, 1.82) is 0 Å². The number of nitrogens with zero attached hydrogens (tertiary/aromatic N) is 1. The summed E-state index contributed by atoms with van der Waals surface area (Å²) in [5.41, 5.74) is 5.14. The molecule has 0 amide bonds. The van der Waals surface area contributed by atoms with Gasteiger partial charge in [0.05, 0.1) is 12.3 Å². The van der Waals surface area contributed by atoms with E-state index in [1.807, 2.05) is 19.1 Å². The van der Waals surface area contributed by atoms with E-state index in [2.05, 4.69) is 36.4 Å². The van der Waals surface area contributed by atoms with Crippen molar-refractivity contribution in [3.63, 3.8) is 0 Å². The summed E-state index contributed by atoms with van der Waals surface area (Å²) in [6.45, 7) is 8.98. The molecule has 0 aliphatic carbocycles. The lowest BCUT2D eigenvalue weighted by molar-refractivity contribution is 0.210. The smallest absolute Gasteiger partial charge is 0.0717 e. The fraction of sp³-hybridized carbons (Fsp3) is 0.500. The minimum atomic E-state index is 0.662. The number of nitrogens with one attached hydrogen (secondary N) is 1. The molecule has 0 unspecified atom stereocenters. The first-order chi connectivity index (χ1) is 7.31. The van der Waals surface area contributed by atoms with Gasteiger partial charge in [0, 0.05) is 18.8 Å². The lowest BCUT2D eigenvalue weighted by Gasteiger charge is -2.21. The Morgan fingerprint density at radius 1 is 1.20 bits per heavy atom. The molecule has 15 heavy (non-hydrogen) atoms. The van der Waals surface area contributed by atoms with Crippen LogP contribution in [0.3, 0.4) is 0 Å². The highest BCUT2D eigenvalue weighted by molar-refractivity contribution is 5.57. The zero-order valence-electron chi connectivity index (χ0n) is 9.79. The third-order valence-electron chi connectivity index (χ3n) is 2.31. The van der Waals surface area contributed by atoms with Crippen molar-refractivity contribution in [2.45, 2.75) is 20.8 Å². The Kier molecular flexibility index (Phi) is 4.98. The van der Waals surface area contributed by atoms with Crippen molar-refractivity contribution >= 4 is 11.4 Å². The van der Waals surface area contributed by atoms with E-state index in [1.165, 1.54) is 5.69 Å². The molecule has 0 saturated carbocycles. The van der Waals surface area contributed by atoms with E-state index >= 15 is 0 Å². The van der Waals surface area contributed by atoms with Crippen LogP contribution in [-0.2, 0) is 4.84 Å². The number of benzene rings is 1. The first-order valence-corrected chi connectivity index (χ1v) is 5.54. The fourth-order valence-corrected chi connectivity index (χ4v) is 1.51. The Labute approximate surface area is 92.0 Å². The molecule has 0 atom stereocenters. The summed E-state index contributed by atoms with van der Waals surface area (Å²) in [6, 6.07) is 8.25. The van der Waals surface area contributed by atoms with Crippen LogP contribution < -0.4 is 10.4 Å². The average Bonchev–Trinajstić information content (AvgIpc) is 2.29. The van der Waals surface area contributed by atoms with Gasteiger partial charge in [0.25, 0.3) is 0 Å². The first-order valence-electron chi connectivity index (χ1n) is 5.54. The van der Waals surface area contributed by atoms with Crippen LogP contribution in [0.15, 0.2) is 24.3 Å². The van der Waals surface area contributed by atoms with Gasteiger partial charge >= 0.3 is 0 Å². The molecule has 0 fully saturated rings. The summed E-state index contributed by atoms with van der Waals surface area (Å²) in [5.74, 6) is 0. The minimum Gasteiger partial charge on any atom is -0.372 e. The molecule has 0 aliphatic rings. The quantitative estimate of drug-likeness (QED) is 0.727. The molecule has 3 heteroatoms. The van der Waals surface area contributed by atoms with Gasteiger partial charge in [-0.2, -0.15) is 0 Å². The van der Waals surface area contributed by atoms with Crippen molar-refractivity contribution < 1.29 is 4.84 Å². The van der Waals surface area contributed by atoms with Gasteiger partial charge < -0.3 is 4.90 Å². The lowest BCUT2D eigenvalue weighted by Crippen LogP contribution is -2.21. The van der Waals surface area contributed by atoms with Crippen molar-refractivity contribution in [3.8, 4) is 0 Å². The highest BCUT2D eigenvalue weighted by Crippen LogP contribution is 2.18. The normalized spacial score (nSPS) is 10.1. The van der Waals surface area contributed by atoms with Crippen LogP contribution in [0.25, 0.3) is 0 Å². The first kappa shape index (κ1) is 11.9. The molecule has 0 bridgehead atoms. The van der Waals surface area contributed by atoms with Gasteiger partial charge in [0.2, 0.25) is 0 Å². The van der Waals surface area contributed by atoms with E-state index < -0.39 is 0 Å². The Bertz CT molecular complexity index is 285. The van der Waals surface area contributed by atoms with Crippen LogP contribution in [0.4, 0.5) is 11.4 Å². The second kappa shape index (κ2) is 6.30. The van der Waals surface area contributed by atoms with Crippen molar-refractivity contribution in [1.82, 2.24) is 0 Å². The molecule has 1 aromatic carbocycles. The summed E-state index contributed by atoms with van der Waals surface area (Å²) in [7, 11) is 0. The number of anilines is 2. The molecule has 1 N–H and O–H groups in total. The second-order valence-electron chi connectivity index (χ2n) is 3.26. The SMILES string of the molecule is CCONc1cccc(N(CC)CC)c1. The molecule has 0 aromatic heterocycles. The van der Waals surface area contributed by atoms with Gasteiger partial charge in [-0.05, 0) is 39.0 Å². The molecular formula is C12H20N2O. The van der Waals surface area contributed by atoms with Crippen molar-refractivity contribution in [2.24, 2.45) is 0 Å². The molecule has 0 spiro atoms. The highest BCUT2D eigenvalue weighted by Gasteiger charge is 2.01. The zero-order chi connectivity index (χ0) is 11.1. The Morgan fingerprint density at radius 3 is 2.53 bits per heavy atom. The van der Waals surface area contributed by atoms with E-state index in [9.17, 15) is 0 Å². The Balaban J connectivity index is 2.72. The monoisotopic (exact) mass is 208 g/mol. The van der Waals surface area contributed by atoms with E-state index in [4.69, 9.17) is 4.84 Å². The second-order valence-corrected chi connectivity index (χ2v) is 3.26. The lowest BCUT2D eigenvalue weighted by atomic mass is 10.2. The predicted octanol–water partition coefficient (Wildman–Crippen LogP) is 2.90. The van der Waals surface area contributed by atoms with Gasteiger partial charge in [-0.1, -0.05) is 6.07 Å². The summed E-state index contributed by atoms with van der Waals surface area (Å²) in [6.07, 6.45) is 0. The fourth-order valence-electron chi connectivity index (χ4n) is 1.51. The summed E-state index contributed by atoms with van der Waals surface area (Å²) < 4.78 is 0. The van der Waals surface area contributed by atoms with Gasteiger partial charge in [0.1, 0.15) is 0 Å². The number of rotatable bonds is 6. The molecule has 1 rings (SSSR count). The van der Waals surface area contributed by atoms with E-state index in [1.54, 1.807) is 0 Å². The number of hydrogen-bond donors (Lipinski definition) is 1. The highest BCUT2D eigenvalue weighted by atomic mass is 16.6.